The number of alkyl halides is 5. The topological polar surface area (TPSA) is 20.2 Å². The van der Waals surface area contributed by atoms with Crippen LogP contribution in [0.25, 0.3) is 0 Å². The van der Waals surface area contributed by atoms with Crippen molar-refractivity contribution in [2.75, 3.05) is 0 Å². The van der Waals surface area contributed by atoms with Crippen molar-refractivity contribution in [2.45, 2.75) is 70.1 Å². The normalized spacial score (nSPS) is 16.9. The predicted molar refractivity (Wildman–Crippen MR) is 55.0 cm³/mol. The number of hydrogen-bond donors (Lipinski definition) is 1. The molecule has 0 saturated heterocycles. The molecule has 6 heteroatoms. The molecule has 1 nitrogen and oxygen atoms in total. The molecule has 0 spiro atoms. The Kier molecular flexibility index (Phi) is 5.84. The van der Waals surface area contributed by atoms with Crippen LogP contribution in [-0.2, 0) is 0 Å². The van der Waals surface area contributed by atoms with E-state index in [0.29, 0.717) is 13.3 Å². The van der Waals surface area contributed by atoms with Crippen LogP contribution in [0.1, 0.15) is 52.4 Å². The van der Waals surface area contributed by atoms with Gasteiger partial charge in [-0.1, -0.05) is 39.0 Å². The summed E-state index contributed by atoms with van der Waals surface area (Å²) in [6.07, 6.45) is -2.89. The molecule has 0 aliphatic heterocycles. The van der Waals surface area contributed by atoms with Crippen molar-refractivity contribution >= 4 is 0 Å². The summed E-state index contributed by atoms with van der Waals surface area (Å²) in [7, 11) is 0. The van der Waals surface area contributed by atoms with Crippen LogP contribution >= 0.6 is 0 Å². The first-order chi connectivity index (χ1) is 7.56. The number of hydrogen-bond acceptors (Lipinski definition) is 1. The Morgan fingerprint density at radius 2 is 1.35 bits per heavy atom. The van der Waals surface area contributed by atoms with Crippen molar-refractivity contribution < 1.29 is 27.1 Å². The fourth-order valence-corrected chi connectivity index (χ4v) is 1.54. The van der Waals surface area contributed by atoms with Crippen LogP contribution in [0.2, 0.25) is 0 Å². The smallest absolute Gasteiger partial charge is 0.384 e. The predicted octanol–water partition coefficient (Wildman–Crippen LogP) is 4.30. The second-order valence-corrected chi connectivity index (χ2v) is 4.51. The van der Waals surface area contributed by atoms with E-state index in [1.54, 1.807) is 0 Å². The van der Waals surface area contributed by atoms with E-state index in [1.807, 2.05) is 6.92 Å². The highest BCUT2D eigenvalue weighted by molar-refractivity contribution is 4.94. The molecule has 1 atom stereocenters. The molecule has 0 aromatic rings. The maximum atomic E-state index is 12.9. The molecule has 0 rings (SSSR count). The van der Waals surface area contributed by atoms with E-state index in [9.17, 15) is 27.1 Å². The first kappa shape index (κ1) is 16.6. The molecule has 0 heterocycles. The molecule has 0 saturated carbocycles. The Morgan fingerprint density at radius 1 is 0.882 bits per heavy atom. The third-order valence-corrected chi connectivity index (χ3v) is 2.80. The Hall–Kier alpha value is -0.390. The van der Waals surface area contributed by atoms with Gasteiger partial charge in [0.15, 0.2) is 0 Å². The van der Waals surface area contributed by atoms with E-state index < -0.39 is 24.1 Å². The average molecular weight is 262 g/mol. The minimum atomic E-state index is -5.71. The van der Waals surface area contributed by atoms with E-state index in [0.717, 1.165) is 19.3 Å². The molecule has 0 radical (unpaired) electrons. The van der Waals surface area contributed by atoms with Crippen molar-refractivity contribution in [3.8, 4) is 0 Å². The van der Waals surface area contributed by atoms with E-state index in [1.165, 1.54) is 0 Å². The van der Waals surface area contributed by atoms with Gasteiger partial charge in [0.1, 0.15) is 5.60 Å². The lowest BCUT2D eigenvalue weighted by molar-refractivity contribution is -0.339. The third kappa shape index (κ3) is 4.41. The van der Waals surface area contributed by atoms with E-state index in [-0.39, 0.29) is 6.42 Å². The molecule has 1 N–H and O–H groups in total. The Balaban J connectivity index is 4.28. The molecule has 17 heavy (non-hydrogen) atoms. The van der Waals surface area contributed by atoms with Gasteiger partial charge >= 0.3 is 12.1 Å². The molecular weight excluding hydrogens is 243 g/mol. The van der Waals surface area contributed by atoms with Crippen LogP contribution in [0.4, 0.5) is 22.0 Å². The Morgan fingerprint density at radius 3 is 1.76 bits per heavy atom. The van der Waals surface area contributed by atoms with E-state index in [4.69, 9.17) is 0 Å². The van der Waals surface area contributed by atoms with Crippen molar-refractivity contribution in [1.29, 1.82) is 0 Å². The molecule has 0 aliphatic carbocycles. The Labute approximate surface area is 98.0 Å². The molecule has 0 bridgehead atoms. The van der Waals surface area contributed by atoms with Crippen LogP contribution < -0.4 is 0 Å². The van der Waals surface area contributed by atoms with Crippen LogP contribution in [0.3, 0.4) is 0 Å². The molecule has 0 aromatic heterocycles. The van der Waals surface area contributed by atoms with Crippen molar-refractivity contribution in [3.05, 3.63) is 0 Å². The van der Waals surface area contributed by atoms with Gasteiger partial charge in [0.2, 0.25) is 0 Å². The summed E-state index contributed by atoms with van der Waals surface area (Å²) in [5, 5.41) is 9.26. The van der Waals surface area contributed by atoms with Crippen LogP contribution in [0.5, 0.6) is 0 Å². The number of rotatable bonds is 7. The lowest BCUT2D eigenvalue weighted by atomic mass is 9.90. The fourth-order valence-electron chi connectivity index (χ4n) is 1.54. The van der Waals surface area contributed by atoms with Crippen LogP contribution in [0, 0.1) is 0 Å². The van der Waals surface area contributed by atoms with Gasteiger partial charge in [-0.2, -0.15) is 22.0 Å². The highest BCUT2D eigenvalue weighted by atomic mass is 19.4. The van der Waals surface area contributed by atoms with Gasteiger partial charge in [0.05, 0.1) is 0 Å². The minimum absolute atomic E-state index is 0.165. The maximum Gasteiger partial charge on any atom is 0.456 e. The molecule has 0 amide bonds. The second-order valence-electron chi connectivity index (χ2n) is 4.51. The second kappa shape index (κ2) is 5.98. The van der Waals surface area contributed by atoms with Gasteiger partial charge in [-0.05, 0) is 13.3 Å². The standard InChI is InChI=1S/C11H19F5O/c1-3-4-5-6-7-8-9(2,17)10(12,13)11(14,15)16/h17H,3-8H2,1-2H3. The monoisotopic (exact) mass is 262 g/mol. The Bertz CT molecular complexity index is 222. The lowest BCUT2D eigenvalue weighted by Gasteiger charge is -2.33. The summed E-state index contributed by atoms with van der Waals surface area (Å²) >= 11 is 0. The molecule has 0 fully saturated rings. The number of halogens is 5. The largest absolute Gasteiger partial charge is 0.456 e. The number of unbranched alkanes of at least 4 members (excludes halogenated alkanes) is 4. The quantitative estimate of drug-likeness (QED) is 0.536. The zero-order valence-corrected chi connectivity index (χ0v) is 10.1. The van der Waals surface area contributed by atoms with Gasteiger partial charge in [-0.15, -0.1) is 0 Å². The summed E-state index contributed by atoms with van der Waals surface area (Å²) in [5.41, 5.74) is -3.03. The van der Waals surface area contributed by atoms with E-state index in [2.05, 4.69) is 0 Å². The average Bonchev–Trinajstić information content (AvgIpc) is 2.15. The summed E-state index contributed by atoms with van der Waals surface area (Å²) in [4.78, 5) is 0. The van der Waals surface area contributed by atoms with Gasteiger partial charge < -0.3 is 5.11 Å². The molecule has 1 unspecified atom stereocenters. The van der Waals surface area contributed by atoms with Crippen molar-refractivity contribution in [1.82, 2.24) is 0 Å². The third-order valence-electron chi connectivity index (χ3n) is 2.80. The van der Waals surface area contributed by atoms with E-state index >= 15 is 0 Å². The maximum absolute atomic E-state index is 12.9. The summed E-state index contributed by atoms with van der Waals surface area (Å²) in [6, 6.07) is 0. The first-order valence-corrected chi connectivity index (χ1v) is 5.73. The van der Waals surface area contributed by atoms with Gasteiger partial charge in [-0.3, -0.25) is 0 Å². The van der Waals surface area contributed by atoms with Crippen molar-refractivity contribution in [2.24, 2.45) is 0 Å². The van der Waals surface area contributed by atoms with Crippen LogP contribution in [-0.4, -0.2) is 22.8 Å². The van der Waals surface area contributed by atoms with Crippen molar-refractivity contribution in [3.63, 3.8) is 0 Å². The molecule has 104 valence electrons. The zero-order chi connectivity index (χ0) is 13.7. The minimum Gasteiger partial charge on any atom is -0.384 e. The van der Waals surface area contributed by atoms with Gasteiger partial charge in [0.25, 0.3) is 0 Å². The van der Waals surface area contributed by atoms with Gasteiger partial charge in [-0.25, -0.2) is 0 Å². The van der Waals surface area contributed by atoms with Gasteiger partial charge in [0, 0.05) is 0 Å². The fraction of sp³-hybridized carbons (Fsp3) is 1.00. The summed E-state index contributed by atoms with van der Waals surface area (Å²) < 4.78 is 62.0. The molecule has 0 aromatic carbocycles. The highest BCUT2D eigenvalue weighted by Crippen LogP contribution is 2.45. The molecular formula is C11H19F5O. The molecule has 0 aliphatic rings. The first-order valence-electron chi connectivity index (χ1n) is 5.73. The van der Waals surface area contributed by atoms with Crippen LogP contribution in [0.15, 0.2) is 0 Å². The number of aliphatic hydroxyl groups is 1. The lowest BCUT2D eigenvalue weighted by Crippen LogP contribution is -2.55. The SMILES string of the molecule is CCCCCCCC(C)(O)C(F)(F)C(F)(F)F. The summed E-state index contributed by atoms with van der Waals surface area (Å²) in [5.74, 6) is -5.06. The highest BCUT2D eigenvalue weighted by Gasteiger charge is 2.67. The summed E-state index contributed by atoms with van der Waals surface area (Å²) in [6.45, 7) is 2.51. The zero-order valence-electron chi connectivity index (χ0n) is 10.1.